The standard InChI is InChI=1S/C7H6FIO/c8-10-5-6-2-1-3-7(9)4-6/h1-4H,5H2. The molecule has 10 heavy (non-hydrogen) atoms. The van der Waals surface area contributed by atoms with Crippen LogP contribution in [0.1, 0.15) is 5.56 Å². The average molecular weight is 252 g/mol. The van der Waals surface area contributed by atoms with Crippen LogP contribution in [-0.2, 0) is 11.5 Å². The Hall–Kier alpha value is -0.160. The van der Waals surface area contributed by atoms with Gasteiger partial charge in [-0.15, -0.1) is 0 Å². The quantitative estimate of drug-likeness (QED) is 0.735. The van der Waals surface area contributed by atoms with Gasteiger partial charge >= 0.3 is 0 Å². The molecule has 0 unspecified atom stereocenters. The molecular weight excluding hydrogens is 246 g/mol. The summed E-state index contributed by atoms with van der Waals surface area (Å²) in [6.45, 7) is 0.0385. The van der Waals surface area contributed by atoms with E-state index in [0.29, 0.717) is 0 Å². The van der Waals surface area contributed by atoms with Crippen molar-refractivity contribution in [2.24, 2.45) is 0 Å². The van der Waals surface area contributed by atoms with E-state index < -0.39 is 0 Å². The maximum atomic E-state index is 11.3. The largest absolute Gasteiger partial charge is 0.189 e. The molecule has 0 fully saturated rings. The summed E-state index contributed by atoms with van der Waals surface area (Å²) in [5.41, 5.74) is 0.856. The van der Waals surface area contributed by atoms with Gasteiger partial charge in [-0.1, -0.05) is 12.1 Å². The van der Waals surface area contributed by atoms with E-state index >= 15 is 0 Å². The van der Waals surface area contributed by atoms with Gasteiger partial charge in [-0.3, -0.25) is 0 Å². The van der Waals surface area contributed by atoms with E-state index in [0.717, 1.165) is 9.13 Å². The van der Waals surface area contributed by atoms with Crippen LogP contribution in [0.3, 0.4) is 0 Å². The van der Waals surface area contributed by atoms with Gasteiger partial charge in [-0.25, -0.2) is 0 Å². The molecule has 1 nitrogen and oxygen atoms in total. The number of hydrogen-bond acceptors (Lipinski definition) is 1. The zero-order valence-electron chi connectivity index (χ0n) is 5.18. The molecular formula is C7H6FIO. The topological polar surface area (TPSA) is 9.23 Å². The van der Waals surface area contributed by atoms with Crippen molar-refractivity contribution in [3.05, 3.63) is 33.4 Å². The first-order valence-corrected chi connectivity index (χ1v) is 3.89. The molecule has 0 spiro atoms. The fraction of sp³-hybridized carbons (Fsp3) is 0.143. The van der Waals surface area contributed by atoms with Crippen molar-refractivity contribution in [3.8, 4) is 0 Å². The van der Waals surface area contributed by atoms with E-state index in [1.165, 1.54) is 0 Å². The van der Waals surface area contributed by atoms with Crippen LogP contribution in [0.2, 0.25) is 0 Å². The van der Waals surface area contributed by atoms with Crippen LogP contribution in [0.5, 0.6) is 0 Å². The molecule has 0 aliphatic heterocycles. The summed E-state index contributed by atoms with van der Waals surface area (Å²) >= 11 is 2.17. The monoisotopic (exact) mass is 252 g/mol. The first-order chi connectivity index (χ1) is 4.83. The molecule has 0 bridgehead atoms. The molecule has 0 aromatic heterocycles. The predicted molar refractivity (Wildman–Crippen MR) is 45.1 cm³/mol. The van der Waals surface area contributed by atoms with Crippen LogP contribution >= 0.6 is 22.6 Å². The molecule has 54 valence electrons. The van der Waals surface area contributed by atoms with E-state index in [4.69, 9.17) is 0 Å². The molecule has 0 N–H and O–H groups in total. The van der Waals surface area contributed by atoms with E-state index in [2.05, 4.69) is 27.5 Å². The highest BCUT2D eigenvalue weighted by molar-refractivity contribution is 14.1. The van der Waals surface area contributed by atoms with Gasteiger partial charge in [-0.2, -0.15) is 4.94 Å². The Labute approximate surface area is 72.2 Å². The smallest absolute Gasteiger partial charge is 0.113 e. The SMILES string of the molecule is FOCc1cccc(I)c1. The fourth-order valence-electron chi connectivity index (χ4n) is 0.690. The Morgan fingerprint density at radius 3 is 2.90 bits per heavy atom. The lowest BCUT2D eigenvalue weighted by molar-refractivity contribution is -0.144. The van der Waals surface area contributed by atoms with Crippen molar-refractivity contribution >= 4 is 22.6 Å². The minimum Gasteiger partial charge on any atom is -0.189 e. The first-order valence-electron chi connectivity index (χ1n) is 2.81. The number of rotatable bonds is 2. The van der Waals surface area contributed by atoms with Gasteiger partial charge in [0, 0.05) is 3.57 Å². The minimum atomic E-state index is 0.0385. The summed E-state index contributed by atoms with van der Waals surface area (Å²) in [6, 6.07) is 7.51. The zero-order valence-corrected chi connectivity index (χ0v) is 7.34. The Bertz CT molecular complexity index is 215. The third-order valence-electron chi connectivity index (χ3n) is 1.11. The molecule has 0 amide bonds. The van der Waals surface area contributed by atoms with Gasteiger partial charge in [0.2, 0.25) is 0 Å². The summed E-state index contributed by atoms with van der Waals surface area (Å²) in [4.78, 5) is 3.48. The molecule has 1 rings (SSSR count). The average Bonchev–Trinajstić information content (AvgIpc) is 1.88. The Morgan fingerprint density at radius 1 is 1.50 bits per heavy atom. The number of hydrogen-bond donors (Lipinski definition) is 0. The van der Waals surface area contributed by atoms with Crippen LogP contribution in [0.25, 0.3) is 0 Å². The predicted octanol–water partition coefficient (Wildman–Crippen LogP) is 2.69. The fourth-order valence-corrected chi connectivity index (χ4v) is 1.30. The normalized spacial score (nSPS) is 9.80. The van der Waals surface area contributed by atoms with Gasteiger partial charge in [0.05, 0.1) is 0 Å². The molecule has 0 radical (unpaired) electrons. The molecule has 0 aliphatic rings. The summed E-state index contributed by atoms with van der Waals surface area (Å²) in [7, 11) is 0. The van der Waals surface area contributed by atoms with Gasteiger partial charge in [0.1, 0.15) is 6.61 Å². The second-order valence-electron chi connectivity index (χ2n) is 1.88. The summed E-state index contributed by atoms with van der Waals surface area (Å²) in [5, 5.41) is 0. The third-order valence-corrected chi connectivity index (χ3v) is 1.78. The molecule has 0 heterocycles. The number of halogens is 2. The Kier molecular flexibility index (Phi) is 3.08. The van der Waals surface area contributed by atoms with Gasteiger partial charge in [0.25, 0.3) is 0 Å². The highest BCUT2D eigenvalue weighted by Gasteiger charge is 1.92. The zero-order chi connectivity index (χ0) is 7.40. The van der Waals surface area contributed by atoms with Crippen molar-refractivity contribution in [1.82, 2.24) is 0 Å². The highest BCUT2D eigenvalue weighted by Crippen LogP contribution is 2.08. The van der Waals surface area contributed by atoms with Gasteiger partial charge < -0.3 is 0 Å². The summed E-state index contributed by atoms with van der Waals surface area (Å²) < 4.78 is 12.4. The van der Waals surface area contributed by atoms with E-state index in [-0.39, 0.29) is 6.61 Å². The van der Waals surface area contributed by atoms with E-state index in [1.54, 1.807) is 0 Å². The highest BCUT2D eigenvalue weighted by atomic mass is 127. The van der Waals surface area contributed by atoms with Crippen LogP contribution in [0, 0.1) is 3.57 Å². The van der Waals surface area contributed by atoms with Crippen molar-refractivity contribution in [3.63, 3.8) is 0 Å². The second-order valence-corrected chi connectivity index (χ2v) is 3.13. The van der Waals surface area contributed by atoms with E-state index in [9.17, 15) is 4.53 Å². The van der Waals surface area contributed by atoms with Crippen LogP contribution < -0.4 is 0 Å². The van der Waals surface area contributed by atoms with Crippen molar-refractivity contribution in [2.75, 3.05) is 0 Å². The Balaban J connectivity index is 2.75. The molecule has 1 aromatic carbocycles. The van der Waals surface area contributed by atoms with Crippen molar-refractivity contribution < 1.29 is 9.47 Å². The maximum absolute atomic E-state index is 11.3. The summed E-state index contributed by atoms with van der Waals surface area (Å²) in [5.74, 6) is 0. The molecule has 0 saturated carbocycles. The van der Waals surface area contributed by atoms with Crippen molar-refractivity contribution in [1.29, 1.82) is 0 Å². The molecule has 0 saturated heterocycles. The third kappa shape index (κ3) is 2.22. The molecule has 1 aromatic rings. The maximum Gasteiger partial charge on any atom is 0.113 e. The van der Waals surface area contributed by atoms with Crippen LogP contribution in [0.15, 0.2) is 24.3 Å². The second kappa shape index (κ2) is 3.88. The van der Waals surface area contributed by atoms with E-state index in [1.807, 2.05) is 24.3 Å². The molecule has 3 heteroatoms. The lowest BCUT2D eigenvalue weighted by Crippen LogP contribution is -1.83. The molecule has 0 atom stereocenters. The Morgan fingerprint density at radius 2 is 2.30 bits per heavy atom. The van der Waals surface area contributed by atoms with Crippen LogP contribution in [0.4, 0.5) is 4.53 Å². The lowest BCUT2D eigenvalue weighted by Gasteiger charge is -1.95. The van der Waals surface area contributed by atoms with Gasteiger partial charge in [-0.05, 0) is 44.8 Å². The van der Waals surface area contributed by atoms with Crippen LogP contribution in [-0.4, -0.2) is 0 Å². The first kappa shape index (κ1) is 7.94. The van der Waals surface area contributed by atoms with Gasteiger partial charge in [0.15, 0.2) is 0 Å². The molecule has 0 aliphatic carbocycles. The van der Waals surface area contributed by atoms with Crippen molar-refractivity contribution in [2.45, 2.75) is 6.61 Å². The minimum absolute atomic E-state index is 0.0385. The number of benzene rings is 1. The summed E-state index contributed by atoms with van der Waals surface area (Å²) in [6.07, 6.45) is 0. The lowest BCUT2D eigenvalue weighted by atomic mass is 10.2.